The molecule has 2 N–H and O–H groups in total. The molecule has 4 nitrogen and oxygen atoms in total. The molecule has 0 aliphatic carbocycles. The van der Waals surface area contributed by atoms with Gasteiger partial charge < -0.3 is 15.2 Å². The lowest BCUT2D eigenvalue weighted by Crippen LogP contribution is -2.10. The zero-order valence-electron chi connectivity index (χ0n) is 9.81. The van der Waals surface area contributed by atoms with Gasteiger partial charge in [0.05, 0.1) is 18.9 Å². The van der Waals surface area contributed by atoms with Gasteiger partial charge in [0.1, 0.15) is 5.82 Å². The maximum Gasteiger partial charge on any atom is 0.134 e. The lowest BCUT2D eigenvalue weighted by Gasteiger charge is -2.10. The third-order valence-corrected chi connectivity index (χ3v) is 2.55. The first-order valence-electron chi connectivity index (χ1n) is 5.57. The Morgan fingerprint density at radius 2 is 2.18 bits per heavy atom. The van der Waals surface area contributed by atoms with E-state index in [1.807, 2.05) is 30.3 Å². The fourth-order valence-corrected chi connectivity index (χ4v) is 1.74. The molecule has 0 bridgehead atoms. The summed E-state index contributed by atoms with van der Waals surface area (Å²) in [6.45, 7) is 1.27. The number of pyridine rings is 1. The first-order chi connectivity index (χ1) is 8.35. The Labute approximate surface area is 100 Å². The van der Waals surface area contributed by atoms with Gasteiger partial charge in [-0.25, -0.2) is 4.98 Å². The number of hydrogen-bond acceptors (Lipinski definition) is 4. The summed E-state index contributed by atoms with van der Waals surface area (Å²) in [7, 11) is 1.66. The fraction of sp³-hybridized carbons (Fsp3) is 0.308. The van der Waals surface area contributed by atoms with Crippen LogP contribution < -0.4 is 5.32 Å². The number of fused-ring (bicyclic) bond motifs is 1. The largest absolute Gasteiger partial charge is 0.390 e. The molecule has 90 valence electrons. The van der Waals surface area contributed by atoms with Gasteiger partial charge in [0.25, 0.3) is 0 Å². The molecule has 0 saturated carbocycles. The number of anilines is 1. The van der Waals surface area contributed by atoms with E-state index < -0.39 is 0 Å². The molecule has 0 aliphatic rings. The van der Waals surface area contributed by atoms with Crippen LogP contribution in [0.4, 0.5) is 5.82 Å². The molecular weight excluding hydrogens is 216 g/mol. The minimum Gasteiger partial charge on any atom is -0.390 e. The van der Waals surface area contributed by atoms with Gasteiger partial charge in [-0.2, -0.15) is 0 Å². The van der Waals surface area contributed by atoms with Gasteiger partial charge in [0, 0.05) is 19.0 Å². The van der Waals surface area contributed by atoms with Crippen molar-refractivity contribution in [3.8, 4) is 0 Å². The molecule has 2 aromatic rings. The van der Waals surface area contributed by atoms with Gasteiger partial charge in [0.15, 0.2) is 0 Å². The highest BCUT2D eigenvalue weighted by molar-refractivity contribution is 5.92. The number of hydrogen-bond donors (Lipinski definition) is 2. The quantitative estimate of drug-likeness (QED) is 0.772. The van der Waals surface area contributed by atoms with E-state index >= 15 is 0 Å². The van der Waals surface area contributed by atoms with Gasteiger partial charge in [-0.15, -0.1) is 0 Å². The molecule has 0 radical (unpaired) electrons. The zero-order valence-corrected chi connectivity index (χ0v) is 9.81. The molecule has 0 aliphatic heterocycles. The summed E-state index contributed by atoms with van der Waals surface area (Å²) in [5, 5.41) is 14.5. The number of aliphatic hydroxyl groups excluding tert-OH is 1. The Hall–Kier alpha value is -1.65. The average molecular weight is 232 g/mol. The third-order valence-electron chi connectivity index (χ3n) is 2.55. The number of ether oxygens (including phenoxy) is 1. The van der Waals surface area contributed by atoms with Crippen molar-refractivity contribution in [2.75, 3.05) is 25.6 Å². The maximum absolute atomic E-state index is 9.18. The Morgan fingerprint density at radius 1 is 1.35 bits per heavy atom. The van der Waals surface area contributed by atoms with E-state index in [1.165, 1.54) is 0 Å². The second-order valence-electron chi connectivity index (χ2n) is 3.76. The number of nitrogens with one attached hydrogen (secondary N) is 1. The van der Waals surface area contributed by atoms with Crippen LogP contribution in [0.5, 0.6) is 0 Å². The van der Waals surface area contributed by atoms with E-state index in [1.54, 1.807) is 7.11 Å². The van der Waals surface area contributed by atoms with Crippen LogP contribution in [0.1, 0.15) is 5.69 Å². The molecular formula is C13H16N2O2. The first-order valence-corrected chi connectivity index (χ1v) is 5.57. The van der Waals surface area contributed by atoms with Gasteiger partial charge in [-0.3, -0.25) is 0 Å². The molecule has 0 atom stereocenters. The van der Waals surface area contributed by atoms with Gasteiger partial charge in [-0.05, 0) is 11.5 Å². The third kappa shape index (κ3) is 2.72. The summed E-state index contributed by atoms with van der Waals surface area (Å²) in [5.41, 5.74) is 0.670. The summed E-state index contributed by atoms with van der Waals surface area (Å²) in [4.78, 5) is 4.37. The molecule has 1 heterocycles. The fourth-order valence-electron chi connectivity index (χ4n) is 1.74. The number of rotatable bonds is 5. The summed E-state index contributed by atoms with van der Waals surface area (Å²) < 4.78 is 4.99. The van der Waals surface area contributed by atoms with Gasteiger partial charge in [0.2, 0.25) is 0 Å². The lowest BCUT2D eigenvalue weighted by molar-refractivity contribution is 0.210. The highest BCUT2D eigenvalue weighted by Crippen LogP contribution is 2.22. The summed E-state index contributed by atoms with van der Waals surface area (Å²) >= 11 is 0. The SMILES string of the molecule is COCCNc1nc(CO)cc2ccccc12. The molecule has 0 amide bonds. The Balaban J connectivity index is 2.36. The van der Waals surface area contributed by atoms with Crippen LogP contribution in [-0.2, 0) is 11.3 Å². The highest BCUT2D eigenvalue weighted by atomic mass is 16.5. The number of nitrogens with zero attached hydrogens (tertiary/aromatic N) is 1. The molecule has 2 rings (SSSR count). The van der Waals surface area contributed by atoms with E-state index in [0.29, 0.717) is 18.8 Å². The summed E-state index contributed by atoms with van der Waals surface area (Å²) in [6.07, 6.45) is 0. The maximum atomic E-state index is 9.18. The standard InChI is InChI=1S/C13H16N2O2/c1-17-7-6-14-13-12-5-3-2-4-10(12)8-11(9-16)15-13/h2-5,8,16H,6-7,9H2,1H3,(H,14,15). The lowest BCUT2D eigenvalue weighted by atomic mass is 10.1. The molecule has 0 saturated heterocycles. The number of aromatic nitrogens is 1. The minimum absolute atomic E-state index is 0.0518. The number of methoxy groups -OCH3 is 1. The second kappa shape index (κ2) is 5.61. The molecule has 0 spiro atoms. The monoisotopic (exact) mass is 232 g/mol. The number of aliphatic hydroxyl groups is 1. The minimum atomic E-state index is -0.0518. The van der Waals surface area contributed by atoms with Crippen LogP contribution in [0.15, 0.2) is 30.3 Å². The average Bonchev–Trinajstić information content (AvgIpc) is 2.38. The van der Waals surface area contributed by atoms with E-state index in [-0.39, 0.29) is 6.61 Å². The van der Waals surface area contributed by atoms with Crippen molar-refractivity contribution < 1.29 is 9.84 Å². The van der Waals surface area contributed by atoms with Gasteiger partial charge >= 0.3 is 0 Å². The first kappa shape index (κ1) is 11.8. The molecule has 17 heavy (non-hydrogen) atoms. The van der Waals surface area contributed by atoms with Crippen LogP contribution in [-0.4, -0.2) is 30.4 Å². The predicted molar refractivity (Wildman–Crippen MR) is 68.0 cm³/mol. The Morgan fingerprint density at radius 3 is 2.94 bits per heavy atom. The molecule has 4 heteroatoms. The van der Waals surface area contributed by atoms with Crippen LogP contribution in [0.25, 0.3) is 10.8 Å². The molecule has 0 unspecified atom stereocenters. The van der Waals surface area contributed by atoms with E-state index in [0.717, 1.165) is 16.6 Å². The number of benzene rings is 1. The molecule has 0 fully saturated rings. The Kier molecular flexibility index (Phi) is 3.90. The van der Waals surface area contributed by atoms with Crippen molar-refractivity contribution in [2.24, 2.45) is 0 Å². The van der Waals surface area contributed by atoms with Crippen molar-refractivity contribution in [2.45, 2.75) is 6.61 Å². The van der Waals surface area contributed by atoms with Crippen molar-refractivity contribution in [3.05, 3.63) is 36.0 Å². The van der Waals surface area contributed by atoms with Crippen molar-refractivity contribution >= 4 is 16.6 Å². The van der Waals surface area contributed by atoms with Crippen LogP contribution in [0.3, 0.4) is 0 Å². The predicted octanol–water partition coefficient (Wildman–Crippen LogP) is 1.79. The van der Waals surface area contributed by atoms with Crippen molar-refractivity contribution in [1.29, 1.82) is 0 Å². The normalized spacial score (nSPS) is 10.7. The zero-order chi connectivity index (χ0) is 12.1. The van der Waals surface area contributed by atoms with Crippen LogP contribution in [0.2, 0.25) is 0 Å². The second-order valence-corrected chi connectivity index (χ2v) is 3.76. The van der Waals surface area contributed by atoms with E-state index in [2.05, 4.69) is 10.3 Å². The Bertz CT molecular complexity index is 500. The molecule has 1 aromatic carbocycles. The van der Waals surface area contributed by atoms with Crippen molar-refractivity contribution in [3.63, 3.8) is 0 Å². The summed E-state index contributed by atoms with van der Waals surface area (Å²) in [5.74, 6) is 0.796. The van der Waals surface area contributed by atoms with Crippen molar-refractivity contribution in [1.82, 2.24) is 4.98 Å². The van der Waals surface area contributed by atoms with E-state index in [4.69, 9.17) is 4.74 Å². The van der Waals surface area contributed by atoms with Crippen LogP contribution >= 0.6 is 0 Å². The van der Waals surface area contributed by atoms with Gasteiger partial charge in [-0.1, -0.05) is 24.3 Å². The van der Waals surface area contributed by atoms with Crippen LogP contribution in [0, 0.1) is 0 Å². The highest BCUT2D eigenvalue weighted by Gasteiger charge is 2.04. The topological polar surface area (TPSA) is 54.4 Å². The summed E-state index contributed by atoms with van der Waals surface area (Å²) in [6, 6.07) is 9.87. The molecule has 1 aromatic heterocycles. The van der Waals surface area contributed by atoms with E-state index in [9.17, 15) is 5.11 Å². The smallest absolute Gasteiger partial charge is 0.134 e.